The van der Waals surface area contributed by atoms with Crippen LogP contribution in [0.5, 0.6) is 5.88 Å². The molecule has 3 heterocycles. The molecule has 0 spiro atoms. The van der Waals surface area contributed by atoms with Crippen molar-refractivity contribution in [2.24, 2.45) is 0 Å². The average molecular weight is 534 g/mol. The molecule has 0 amide bonds. The highest BCUT2D eigenvalue weighted by Crippen LogP contribution is 2.35. The van der Waals surface area contributed by atoms with Crippen molar-refractivity contribution < 1.29 is 21.9 Å². The normalized spacial score (nSPS) is 13.6. The van der Waals surface area contributed by atoms with Gasteiger partial charge in [0.25, 0.3) is 10.0 Å². The van der Waals surface area contributed by atoms with E-state index in [1.54, 1.807) is 18.3 Å². The summed E-state index contributed by atoms with van der Waals surface area (Å²) in [5.74, 6) is -2.53. The minimum Gasteiger partial charge on any atom is -0.480 e. The number of hydrogen-bond acceptors (Lipinski definition) is 7. The fourth-order valence-electron chi connectivity index (χ4n) is 4.43. The lowest BCUT2D eigenvalue weighted by Gasteiger charge is -2.18. The third-order valence-electron chi connectivity index (χ3n) is 6.18. The van der Waals surface area contributed by atoms with Gasteiger partial charge >= 0.3 is 0 Å². The van der Waals surface area contributed by atoms with Crippen LogP contribution in [0.2, 0.25) is 0 Å². The molecule has 2 aromatic carbocycles. The molecule has 8 nitrogen and oxygen atoms in total. The Bertz CT molecular complexity index is 1730. The molecule has 2 aromatic heterocycles. The molecule has 2 N–H and O–H groups in total. The van der Waals surface area contributed by atoms with E-state index < -0.39 is 26.6 Å². The van der Waals surface area contributed by atoms with E-state index in [9.17, 15) is 22.5 Å². The molecule has 1 aliphatic heterocycles. The second-order valence-electron chi connectivity index (χ2n) is 8.51. The number of nitrogens with zero attached hydrogens (tertiary/aromatic N) is 3. The molecule has 1 aliphatic rings. The van der Waals surface area contributed by atoms with Crippen LogP contribution in [0, 0.1) is 23.0 Å². The van der Waals surface area contributed by atoms with Gasteiger partial charge in [-0.05, 0) is 54.4 Å². The second-order valence-corrected chi connectivity index (χ2v) is 10.1. The first-order valence-corrected chi connectivity index (χ1v) is 13.0. The zero-order chi connectivity index (χ0) is 26.9. The average Bonchev–Trinajstić information content (AvgIpc) is 2.92. The maximum absolute atomic E-state index is 14.2. The van der Waals surface area contributed by atoms with E-state index in [2.05, 4.69) is 32.2 Å². The van der Waals surface area contributed by atoms with Gasteiger partial charge in [0, 0.05) is 35.5 Å². The van der Waals surface area contributed by atoms with Gasteiger partial charge in [0.15, 0.2) is 4.90 Å². The molecular weight excluding hydrogens is 512 g/mol. The largest absolute Gasteiger partial charge is 0.480 e. The van der Waals surface area contributed by atoms with Gasteiger partial charge in [0.1, 0.15) is 23.4 Å². The molecule has 0 bridgehead atoms. The number of anilines is 1. The summed E-state index contributed by atoms with van der Waals surface area (Å²) in [7, 11) is -3.35. The fraction of sp³-hybridized carbons (Fsp3) is 0.148. The number of halogens is 2. The molecule has 0 aliphatic carbocycles. The van der Waals surface area contributed by atoms with Crippen LogP contribution in [-0.2, 0) is 10.0 Å². The Kier molecular flexibility index (Phi) is 6.75. The Morgan fingerprint density at radius 1 is 1.08 bits per heavy atom. The number of ether oxygens (including phenoxy) is 1. The van der Waals surface area contributed by atoms with Crippen LogP contribution >= 0.6 is 0 Å². The molecule has 0 radical (unpaired) electrons. The minimum absolute atomic E-state index is 0.0798. The van der Waals surface area contributed by atoms with Crippen molar-refractivity contribution in [3.63, 3.8) is 0 Å². The fourth-order valence-corrected chi connectivity index (χ4v) is 5.62. The highest BCUT2D eigenvalue weighted by atomic mass is 32.2. The number of methoxy groups -OCH3 is 1. The van der Waals surface area contributed by atoms with E-state index >= 15 is 0 Å². The number of hydrogen-bond donors (Lipinski definition) is 2. The van der Waals surface area contributed by atoms with Crippen LogP contribution in [0.1, 0.15) is 17.5 Å². The zero-order valence-electron chi connectivity index (χ0n) is 20.1. The van der Waals surface area contributed by atoms with Crippen LogP contribution < -0.4 is 14.8 Å². The molecule has 0 fully saturated rings. The van der Waals surface area contributed by atoms with E-state index in [1.165, 1.54) is 19.4 Å². The smallest absolute Gasteiger partial charge is 0.267 e. The van der Waals surface area contributed by atoms with Crippen molar-refractivity contribution in [2.75, 3.05) is 24.9 Å². The van der Waals surface area contributed by atoms with Crippen molar-refractivity contribution in [3.05, 3.63) is 83.7 Å². The standard InChI is InChI=1S/C27H21F2N5O3S/c1-37-27-24(34-38(35,36)26-21(28)3-2-4-22(26)29)12-18(14-33-27)17-5-6-23-20(11-17)25(19(13-30)15-32-23)16-7-9-31-10-8-16/h2-7,11-12,14-15,31,34H,8-10H2,1H3. The van der Waals surface area contributed by atoms with Crippen molar-refractivity contribution >= 4 is 32.2 Å². The monoisotopic (exact) mass is 533 g/mol. The quantitative estimate of drug-likeness (QED) is 0.371. The summed E-state index contributed by atoms with van der Waals surface area (Å²) in [6, 6.07) is 11.9. The van der Waals surface area contributed by atoms with Gasteiger partial charge in [0.2, 0.25) is 5.88 Å². The van der Waals surface area contributed by atoms with Crippen LogP contribution in [0.25, 0.3) is 27.6 Å². The molecule has 0 atom stereocenters. The third kappa shape index (κ3) is 4.67. The predicted molar refractivity (Wildman–Crippen MR) is 139 cm³/mol. The van der Waals surface area contributed by atoms with Gasteiger partial charge in [-0.25, -0.2) is 22.2 Å². The maximum Gasteiger partial charge on any atom is 0.267 e. The highest BCUT2D eigenvalue weighted by molar-refractivity contribution is 7.92. The summed E-state index contributed by atoms with van der Waals surface area (Å²) >= 11 is 0. The number of nitrogens with one attached hydrogen (secondary N) is 2. The summed E-state index contributed by atoms with van der Waals surface area (Å²) in [5.41, 5.74) is 4.06. The van der Waals surface area contributed by atoms with Gasteiger partial charge in [0.05, 0.1) is 18.2 Å². The van der Waals surface area contributed by atoms with Crippen molar-refractivity contribution in [3.8, 4) is 23.1 Å². The van der Waals surface area contributed by atoms with Gasteiger partial charge in [-0.15, -0.1) is 0 Å². The van der Waals surface area contributed by atoms with E-state index in [-0.39, 0.29) is 11.6 Å². The zero-order valence-corrected chi connectivity index (χ0v) is 20.9. The molecule has 0 unspecified atom stereocenters. The Morgan fingerprint density at radius 2 is 1.87 bits per heavy atom. The van der Waals surface area contributed by atoms with Crippen molar-refractivity contribution in [1.82, 2.24) is 15.3 Å². The lowest BCUT2D eigenvalue weighted by atomic mass is 9.91. The first kappa shape index (κ1) is 25.3. The first-order valence-electron chi connectivity index (χ1n) is 11.6. The van der Waals surface area contributed by atoms with Crippen LogP contribution in [0.4, 0.5) is 14.5 Å². The highest BCUT2D eigenvalue weighted by Gasteiger charge is 2.26. The Balaban J connectivity index is 1.62. The van der Waals surface area contributed by atoms with Gasteiger partial charge in [-0.3, -0.25) is 9.71 Å². The molecule has 192 valence electrons. The van der Waals surface area contributed by atoms with E-state index in [1.807, 2.05) is 6.07 Å². The summed E-state index contributed by atoms with van der Waals surface area (Å²) in [5, 5.41) is 13.8. The van der Waals surface area contributed by atoms with E-state index in [0.29, 0.717) is 28.8 Å². The number of fused-ring (bicyclic) bond motifs is 1. The number of sulfonamides is 1. The van der Waals surface area contributed by atoms with E-state index in [0.717, 1.165) is 47.7 Å². The molecular formula is C27H21F2N5O3S. The summed E-state index contributed by atoms with van der Waals surface area (Å²) in [6.45, 7) is 1.48. The molecule has 5 rings (SSSR count). The van der Waals surface area contributed by atoms with Crippen molar-refractivity contribution in [1.29, 1.82) is 5.26 Å². The topological polar surface area (TPSA) is 117 Å². The van der Waals surface area contributed by atoms with Gasteiger partial charge < -0.3 is 10.1 Å². The number of rotatable bonds is 6. The molecule has 0 saturated heterocycles. The molecule has 4 aromatic rings. The Morgan fingerprint density at radius 3 is 2.55 bits per heavy atom. The van der Waals surface area contributed by atoms with Gasteiger partial charge in [-0.1, -0.05) is 18.2 Å². The van der Waals surface area contributed by atoms with E-state index in [4.69, 9.17) is 4.74 Å². The molecule has 38 heavy (non-hydrogen) atoms. The molecule has 0 saturated carbocycles. The second kappa shape index (κ2) is 10.2. The minimum atomic E-state index is -4.65. The third-order valence-corrected chi connectivity index (χ3v) is 7.60. The number of nitriles is 1. The number of benzene rings is 2. The summed E-state index contributed by atoms with van der Waals surface area (Å²) in [4.78, 5) is 7.52. The Hall–Kier alpha value is -4.40. The Labute approximate surface area is 217 Å². The van der Waals surface area contributed by atoms with Crippen molar-refractivity contribution in [2.45, 2.75) is 11.3 Å². The van der Waals surface area contributed by atoms with Crippen LogP contribution in [-0.4, -0.2) is 38.6 Å². The SMILES string of the molecule is COc1ncc(-c2ccc3ncc(C#N)c(C4=CCNCC4)c3c2)cc1NS(=O)(=O)c1c(F)cccc1F. The lowest BCUT2D eigenvalue weighted by Crippen LogP contribution is -2.20. The van der Waals surface area contributed by atoms with Crippen LogP contribution in [0.3, 0.4) is 0 Å². The summed E-state index contributed by atoms with van der Waals surface area (Å²) < 4.78 is 61.7. The summed E-state index contributed by atoms with van der Waals surface area (Å²) in [6.07, 6.45) is 5.85. The first-order chi connectivity index (χ1) is 18.3. The lowest BCUT2D eigenvalue weighted by molar-refractivity contribution is 0.400. The number of pyridine rings is 2. The van der Waals surface area contributed by atoms with Crippen LogP contribution in [0.15, 0.2) is 65.8 Å². The molecule has 11 heteroatoms. The number of aromatic nitrogens is 2. The predicted octanol–water partition coefficient (Wildman–Crippen LogP) is 4.63. The maximum atomic E-state index is 14.2. The van der Waals surface area contributed by atoms with Gasteiger partial charge in [-0.2, -0.15) is 5.26 Å².